The lowest BCUT2D eigenvalue weighted by atomic mass is 9.75. The Balaban J connectivity index is 2.12. The maximum atomic E-state index is 6.11. The number of oxazole rings is 1. The molecule has 0 aliphatic carbocycles. The summed E-state index contributed by atoms with van der Waals surface area (Å²) in [6, 6.07) is 4.41. The first kappa shape index (κ1) is 21.7. The summed E-state index contributed by atoms with van der Waals surface area (Å²) in [4.78, 5) is 9.31. The molecule has 27 heavy (non-hydrogen) atoms. The van der Waals surface area contributed by atoms with Crippen LogP contribution in [0.4, 0.5) is 0 Å². The quantitative estimate of drug-likeness (QED) is 0.588. The number of hydrogen-bond acceptors (Lipinski definition) is 3. The molecule has 0 radical (unpaired) electrons. The van der Waals surface area contributed by atoms with E-state index in [1.54, 1.807) is 0 Å². The zero-order valence-electron chi connectivity index (χ0n) is 19.0. The second kappa shape index (κ2) is 7.07. The van der Waals surface area contributed by atoms with Crippen molar-refractivity contribution in [3.05, 3.63) is 47.4 Å². The van der Waals surface area contributed by atoms with E-state index in [0.717, 1.165) is 30.2 Å². The van der Waals surface area contributed by atoms with Crippen LogP contribution in [-0.4, -0.2) is 9.97 Å². The van der Waals surface area contributed by atoms with E-state index in [-0.39, 0.29) is 21.7 Å². The molecule has 0 fully saturated rings. The maximum Gasteiger partial charge on any atom is 0.200 e. The zero-order chi connectivity index (χ0) is 20.7. The highest BCUT2D eigenvalue weighted by Gasteiger charge is 2.32. The minimum atomic E-state index is -0.0977. The van der Waals surface area contributed by atoms with Gasteiger partial charge in [0.1, 0.15) is 5.76 Å². The van der Waals surface area contributed by atoms with Gasteiger partial charge >= 0.3 is 0 Å². The molecule has 0 saturated carbocycles. The van der Waals surface area contributed by atoms with Gasteiger partial charge in [-0.3, -0.25) is 4.98 Å². The van der Waals surface area contributed by atoms with Crippen molar-refractivity contribution >= 4 is 0 Å². The van der Waals surface area contributed by atoms with Crippen molar-refractivity contribution in [1.29, 1.82) is 0 Å². The lowest BCUT2D eigenvalue weighted by molar-refractivity contribution is 0.288. The van der Waals surface area contributed by atoms with E-state index < -0.39 is 0 Å². The minimum absolute atomic E-state index is 0.0128. The number of nitrogens with zero attached hydrogens (tertiary/aromatic N) is 2. The molecule has 0 bridgehead atoms. The van der Waals surface area contributed by atoms with Gasteiger partial charge in [0, 0.05) is 28.1 Å². The highest BCUT2D eigenvalue weighted by atomic mass is 16.4. The summed E-state index contributed by atoms with van der Waals surface area (Å²) in [5.41, 5.74) is 2.45. The maximum absolute atomic E-state index is 6.11. The number of aromatic nitrogens is 2. The van der Waals surface area contributed by atoms with Crippen LogP contribution >= 0.6 is 0 Å². The van der Waals surface area contributed by atoms with E-state index in [4.69, 9.17) is 9.40 Å². The summed E-state index contributed by atoms with van der Waals surface area (Å²) < 4.78 is 6.11. The zero-order valence-corrected chi connectivity index (χ0v) is 19.0. The molecule has 0 saturated heterocycles. The first-order chi connectivity index (χ1) is 12.1. The monoisotopic (exact) mass is 370 g/mol. The van der Waals surface area contributed by atoms with E-state index in [1.807, 2.05) is 6.20 Å². The van der Waals surface area contributed by atoms with Gasteiger partial charge < -0.3 is 4.42 Å². The molecule has 0 spiro atoms. The van der Waals surface area contributed by atoms with Crippen LogP contribution in [0.15, 0.2) is 28.9 Å². The highest BCUT2D eigenvalue weighted by molar-refractivity contribution is 5.25. The average molecular weight is 371 g/mol. The van der Waals surface area contributed by atoms with Gasteiger partial charge in [-0.05, 0) is 29.9 Å². The summed E-state index contributed by atoms with van der Waals surface area (Å²) >= 11 is 0. The number of hydrogen-bond donors (Lipinski definition) is 0. The lowest BCUT2D eigenvalue weighted by Crippen LogP contribution is -2.25. The van der Waals surface area contributed by atoms with E-state index in [1.165, 1.54) is 5.56 Å². The Kier molecular flexibility index (Phi) is 5.67. The molecule has 0 amide bonds. The molecule has 0 aliphatic rings. The van der Waals surface area contributed by atoms with E-state index in [9.17, 15) is 0 Å². The lowest BCUT2D eigenvalue weighted by Gasteiger charge is -2.30. The SMILES string of the molecule is CC(C)(C)c1ccc(C(C)(C)CCC(C)(C)c2ncc(C(C)(C)C)o2)cn1. The van der Waals surface area contributed by atoms with Crippen molar-refractivity contribution in [3.63, 3.8) is 0 Å². The van der Waals surface area contributed by atoms with E-state index >= 15 is 0 Å². The van der Waals surface area contributed by atoms with Gasteiger partial charge in [-0.2, -0.15) is 0 Å². The summed E-state index contributed by atoms with van der Waals surface area (Å²) in [5, 5.41) is 0. The van der Waals surface area contributed by atoms with Gasteiger partial charge in [0.25, 0.3) is 0 Å². The van der Waals surface area contributed by atoms with Gasteiger partial charge in [0.05, 0.1) is 6.20 Å². The average Bonchev–Trinajstić information content (AvgIpc) is 3.04. The predicted octanol–water partition coefficient (Wildman–Crippen LogP) is 6.70. The van der Waals surface area contributed by atoms with Crippen molar-refractivity contribution in [2.45, 2.75) is 104 Å². The Labute approximate surface area is 166 Å². The van der Waals surface area contributed by atoms with Gasteiger partial charge in [-0.15, -0.1) is 0 Å². The highest BCUT2D eigenvalue weighted by Crippen LogP contribution is 2.37. The Hall–Kier alpha value is -1.64. The molecule has 0 aliphatic heterocycles. The number of rotatable bonds is 5. The van der Waals surface area contributed by atoms with Gasteiger partial charge in [-0.1, -0.05) is 75.3 Å². The third-order valence-electron chi connectivity index (χ3n) is 5.51. The second-order valence-electron chi connectivity index (χ2n) is 11.2. The third-order valence-corrected chi connectivity index (χ3v) is 5.51. The van der Waals surface area contributed by atoms with Crippen LogP contribution in [-0.2, 0) is 21.7 Å². The Morgan fingerprint density at radius 2 is 1.30 bits per heavy atom. The van der Waals surface area contributed by atoms with Crippen LogP contribution in [0.1, 0.15) is 105 Å². The standard InChI is InChI=1S/C24H38N2O/c1-21(2,3)18-12-11-17(15-25-18)23(7,8)13-14-24(9,10)20-26-16-19(27-20)22(4,5)6/h11-12,15-16H,13-14H2,1-10H3. The van der Waals surface area contributed by atoms with Gasteiger partial charge in [0.2, 0.25) is 0 Å². The molecule has 2 rings (SSSR count). The Morgan fingerprint density at radius 3 is 1.74 bits per heavy atom. The molecular formula is C24H38N2O. The van der Waals surface area contributed by atoms with Crippen LogP contribution in [0.3, 0.4) is 0 Å². The molecule has 150 valence electrons. The van der Waals surface area contributed by atoms with Crippen LogP contribution < -0.4 is 0 Å². The topological polar surface area (TPSA) is 38.9 Å². The second-order valence-corrected chi connectivity index (χ2v) is 11.2. The smallest absolute Gasteiger partial charge is 0.200 e. The summed E-state index contributed by atoms with van der Waals surface area (Å²) in [6.45, 7) is 22.1. The Bertz CT molecular complexity index is 753. The molecule has 3 nitrogen and oxygen atoms in total. The fraction of sp³-hybridized carbons (Fsp3) is 0.667. The van der Waals surface area contributed by atoms with Crippen molar-refractivity contribution in [1.82, 2.24) is 9.97 Å². The normalized spacial score (nSPS) is 13.9. The first-order valence-electron chi connectivity index (χ1n) is 10.1. The molecule has 2 heterocycles. The third kappa shape index (κ3) is 5.21. The minimum Gasteiger partial charge on any atom is -0.445 e. The molecular weight excluding hydrogens is 332 g/mol. The van der Waals surface area contributed by atoms with Crippen molar-refractivity contribution in [2.75, 3.05) is 0 Å². The number of pyridine rings is 1. The summed E-state index contributed by atoms with van der Waals surface area (Å²) in [5.74, 6) is 1.79. The molecule has 0 atom stereocenters. The van der Waals surface area contributed by atoms with Gasteiger partial charge in [0.15, 0.2) is 5.89 Å². The molecule has 2 aromatic heterocycles. The fourth-order valence-corrected chi connectivity index (χ4v) is 3.05. The van der Waals surface area contributed by atoms with E-state index in [2.05, 4.69) is 92.6 Å². The molecule has 2 aromatic rings. The van der Waals surface area contributed by atoms with Crippen LogP contribution in [0.25, 0.3) is 0 Å². The fourth-order valence-electron chi connectivity index (χ4n) is 3.05. The van der Waals surface area contributed by atoms with Crippen LogP contribution in [0, 0.1) is 0 Å². The van der Waals surface area contributed by atoms with E-state index in [0.29, 0.717) is 0 Å². The van der Waals surface area contributed by atoms with Crippen LogP contribution in [0.5, 0.6) is 0 Å². The van der Waals surface area contributed by atoms with Crippen LogP contribution in [0.2, 0.25) is 0 Å². The van der Waals surface area contributed by atoms with Crippen molar-refractivity contribution < 1.29 is 4.42 Å². The molecule has 0 aromatic carbocycles. The van der Waals surface area contributed by atoms with Crippen molar-refractivity contribution in [3.8, 4) is 0 Å². The summed E-state index contributed by atoms with van der Waals surface area (Å²) in [6.07, 6.45) is 5.99. The first-order valence-corrected chi connectivity index (χ1v) is 10.1. The Morgan fingerprint density at radius 1 is 0.704 bits per heavy atom. The molecule has 3 heteroatoms. The molecule has 0 unspecified atom stereocenters. The van der Waals surface area contributed by atoms with Gasteiger partial charge in [-0.25, -0.2) is 4.98 Å². The molecule has 0 N–H and O–H groups in total. The summed E-state index contributed by atoms with van der Waals surface area (Å²) in [7, 11) is 0. The van der Waals surface area contributed by atoms with Crippen molar-refractivity contribution in [2.24, 2.45) is 0 Å². The largest absolute Gasteiger partial charge is 0.445 e. The predicted molar refractivity (Wildman–Crippen MR) is 113 cm³/mol.